The van der Waals surface area contributed by atoms with Crippen LogP contribution < -0.4 is 5.32 Å². The molecule has 4 rings (SSSR count). The van der Waals surface area contributed by atoms with E-state index in [1.165, 1.54) is 6.42 Å². The molecule has 1 unspecified atom stereocenters. The molecule has 1 aliphatic carbocycles. The van der Waals surface area contributed by atoms with Crippen LogP contribution in [0.4, 0.5) is 0 Å². The molecule has 1 atom stereocenters. The quantitative estimate of drug-likeness (QED) is 0.763. The van der Waals surface area contributed by atoms with Gasteiger partial charge in [0.2, 0.25) is 5.91 Å². The van der Waals surface area contributed by atoms with Gasteiger partial charge in [-0.2, -0.15) is 0 Å². The SMILES string of the molecule is O=C(NC1CC1)c1ccc(/C=C/C(=O)N2CCN(CC3CCCO3)CC2)cc1. The van der Waals surface area contributed by atoms with Gasteiger partial charge < -0.3 is 15.0 Å². The van der Waals surface area contributed by atoms with Crippen LogP contribution in [0.25, 0.3) is 6.08 Å². The van der Waals surface area contributed by atoms with Crippen molar-refractivity contribution in [2.24, 2.45) is 0 Å². The fraction of sp³-hybridized carbons (Fsp3) is 0.545. The molecule has 2 aliphatic heterocycles. The monoisotopic (exact) mass is 383 g/mol. The molecule has 0 aromatic heterocycles. The highest BCUT2D eigenvalue weighted by molar-refractivity contribution is 5.95. The van der Waals surface area contributed by atoms with Crippen molar-refractivity contribution in [1.29, 1.82) is 0 Å². The Balaban J connectivity index is 1.23. The third kappa shape index (κ3) is 5.20. The second-order valence-corrected chi connectivity index (χ2v) is 7.96. The van der Waals surface area contributed by atoms with Crippen LogP contribution in [0.5, 0.6) is 0 Å². The Kier molecular flexibility index (Phi) is 6.07. The zero-order valence-corrected chi connectivity index (χ0v) is 16.3. The fourth-order valence-electron chi connectivity index (χ4n) is 3.74. The predicted molar refractivity (Wildman–Crippen MR) is 108 cm³/mol. The molecule has 1 saturated carbocycles. The summed E-state index contributed by atoms with van der Waals surface area (Å²) in [6.07, 6.45) is 8.31. The van der Waals surface area contributed by atoms with Gasteiger partial charge in [-0.25, -0.2) is 0 Å². The number of piperazine rings is 1. The molecule has 0 radical (unpaired) electrons. The van der Waals surface area contributed by atoms with Crippen molar-refractivity contribution in [3.63, 3.8) is 0 Å². The molecule has 0 bridgehead atoms. The zero-order valence-electron chi connectivity index (χ0n) is 16.3. The van der Waals surface area contributed by atoms with Crippen LogP contribution in [0.1, 0.15) is 41.6 Å². The smallest absolute Gasteiger partial charge is 0.251 e. The predicted octanol–water partition coefficient (Wildman–Crippen LogP) is 1.92. The van der Waals surface area contributed by atoms with Crippen molar-refractivity contribution < 1.29 is 14.3 Å². The molecule has 3 fully saturated rings. The molecule has 2 saturated heterocycles. The number of carbonyl (C=O) groups excluding carboxylic acids is 2. The first-order valence-corrected chi connectivity index (χ1v) is 10.4. The van der Waals surface area contributed by atoms with E-state index in [4.69, 9.17) is 4.74 Å². The second-order valence-electron chi connectivity index (χ2n) is 7.96. The number of nitrogens with zero attached hydrogens (tertiary/aromatic N) is 2. The molecule has 1 aromatic rings. The lowest BCUT2D eigenvalue weighted by Crippen LogP contribution is -2.50. The average Bonchev–Trinajstić information content (AvgIpc) is 3.39. The molecule has 2 amide bonds. The maximum atomic E-state index is 12.5. The van der Waals surface area contributed by atoms with Crippen LogP contribution in [-0.2, 0) is 9.53 Å². The third-order valence-electron chi connectivity index (χ3n) is 5.67. The Bertz CT molecular complexity index is 713. The first-order chi connectivity index (χ1) is 13.7. The number of hydrogen-bond acceptors (Lipinski definition) is 4. The summed E-state index contributed by atoms with van der Waals surface area (Å²) in [7, 11) is 0. The van der Waals surface area contributed by atoms with Crippen molar-refractivity contribution in [2.45, 2.75) is 37.8 Å². The Morgan fingerprint density at radius 2 is 1.82 bits per heavy atom. The summed E-state index contributed by atoms with van der Waals surface area (Å²) in [6, 6.07) is 7.74. The van der Waals surface area contributed by atoms with Gasteiger partial charge in [0.05, 0.1) is 6.10 Å². The van der Waals surface area contributed by atoms with Gasteiger partial charge in [0.1, 0.15) is 0 Å². The van der Waals surface area contributed by atoms with Gasteiger partial charge >= 0.3 is 0 Å². The molecule has 3 aliphatic rings. The van der Waals surface area contributed by atoms with E-state index in [2.05, 4.69) is 10.2 Å². The largest absolute Gasteiger partial charge is 0.377 e. The van der Waals surface area contributed by atoms with Crippen LogP contribution in [0, 0.1) is 0 Å². The minimum atomic E-state index is -0.0185. The minimum Gasteiger partial charge on any atom is -0.377 e. The second kappa shape index (κ2) is 8.88. The van der Waals surface area contributed by atoms with E-state index in [1.54, 1.807) is 6.08 Å². The van der Waals surface area contributed by atoms with Crippen LogP contribution in [0.15, 0.2) is 30.3 Å². The summed E-state index contributed by atoms with van der Waals surface area (Å²) in [4.78, 5) is 28.8. The molecule has 1 N–H and O–H groups in total. The number of nitrogens with one attached hydrogen (secondary N) is 1. The Morgan fingerprint density at radius 3 is 2.46 bits per heavy atom. The van der Waals surface area contributed by atoms with E-state index >= 15 is 0 Å². The molecule has 0 spiro atoms. The van der Waals surface area contributed by atoms with E-state index in [0.29, 0.717) is 17.7 Å². The van der Waals surface area contributed by atoms with Gasteiger partial charge in [0, 0.05) is 57.0 Å². The molecule has 2 heterocycles. The summed E-state index contributed by atoms with van der Waals surface area (Å²) in [5.74, 6) is 0.0299. The van der Waals surface area contributed by atoms with Gasteiger partial charge in [0.25, 0.3) is 5.91 Å². The first kappa shape index (κ1) is 19.2. The summed E-state index contributed by atoms with van der Waals surface area (Å²) >= 11 is 0. The average molecular weight is 383 g/mol. The number of benzene rings is 1. The van der Waals surface area contributed by atoms with Gasteiger partial charge in [-0.3, -0.25) is 14.5 Å². The number of hydrogen-bond donors (Lipinski definition) is 1. The maximum absolute atomic E-state index is 12.5. The van der Waals surface area contributed by atoms with Crippen molar-refractivity contribution in [3.05, 3.63) is 41.5 Å². The van der Waals surface area contributed by atoms with E-state index in [9.17, 15) is 9.59 Å². The Morgan fingerprint density at radius 1 is 1.07 bits per heavy atom. The van der Waals surface area contributed by atoms with E-state index in [1.807, 2.05) is 35.2 Å². The molecule has 6 heteroatoms. The van der Waals surface area contributed by atoms with Crippen molar-refractivity contribution in [2.75, 3.05) is 39.3 Å². The minimum absolute atomic E-state index is 0.0185. The standard InChI is InChI=1S/C22H29N3O3/c26-21(25-13-11-24(12-14-25)16-20-2-1-15-28-20)10-5-17-3-6-18(7-4-17)22(27)23-19-8-9-19/h3-7,10,19-20H,1-2,8-9,11-16H2,(H,23,27)/b10-5+. The number of amides is 2. The maximum Gasteiger partial charge on any atom is 0.251 e. The third-order valence-corrected chi connectivity index (χ3v) is 5.67. The van der Waals surface area contributed by atoms with Crippen LogP contribution in [0.2, 0.25) is 0 Å². The molecule has 1 aromatic carbocycles. The van der Waals surface area contributed by atoms with Crippen LogP contribution in [0.3, 0.4) is 0 Å². The Hall–Kier alpha value is -2.18. The molecule has 6 nitrogen and oxygen atoms in total. The summed E-state index contributed by atoms with van der Waals surface area (Å²) in [5, 5.41) is 2.98. The number of rotatable bonds is 6. The lowest BCUT2D eigenvalue weighted by atomic mass is 10.1. The normalized spacial score (nSPS) is 23.3. The fourth-order valence-corrected chi connectivity index (χ4v) is 3.74. The lowest BCUT2D eigenvalue weighted by Gasteiger charge is -2.35. The van der Waals surface area contributed by atoms with Crippen molar-refractivity contribution in [3.8, 4) is 0 Å². The van der Waals surface area contributed by atoms with E-state index in [0.717, 1.165) is 64.2 Å². The van der Waals surface area contributed by atoms with Crippen molar-refractivity contribution in [1.82, 2.24) is 15.1 Å². The highest BCUT2D eigenvalue weighted by atomic mass is 16.5. The molecule has 150 valence electrons. The van der Waals surface area contributed by atoms with Gasteiger partial charge in [0.15, 0.2) is 0 Å². The van der Waals surface area contributed by atoms with Crippen LogP contribution >= 0.6 is 0 Å². The highest BCUT2D eigenvalue weighted by Gasteiger charge is 2.24. The zero-order chi connectivity index (χ0) is 19.3. The summed E-state index contributed by atoms with van der Waals surface area (Å²) in [6.45, 7) is 5.21. The molecular weight excluding hydrogens is 354 g/mol. The summed E-state index contributed by atoms with van der Waals surface area (Å²) in [5.41, 5.74) is 1.59. The van der Waals surface area contributed by atoms with Gasteiger partial charge in [-0.15, -0.1) is 0 Å². The number of carbonyl (C=O) groups is 2. The lowest BCUT2D eigenvalue weighted by molar-refractivity contribution is -0.127. The first-order valence-electron chi connectivity index (χ1n) is 10.4. The van der Waals surface area contributed by atoms with E-state index in [-0.39, 0.29) is 11.8 Å². The molecule has 28 heavy (non-hydrogen) atoms. The number of ether oxygens (including phenoxy) is 1. The van der Waals surface area contributed by atoms with E-state index < -0.39 is 0 Å². The van der Waals surface area contributed by atoms with Gasteiger partial charge in [-0.05, 0) is 49.5 Å². The summed E-state index contributed by atoms with van der Waals surface area (Å²) < 4.78 is 5.70. The van der Waals surface area contributed by atoms with Gasteiger partial charge in [-0.1, -0.05) is 12.1 Å². The Labute approximate surface area is 166 Å². The van der Waals surface area contributed by atoms with Crippen LogP contribution in [-0.4, -0.2) is 73.1 Å². The topological polar surface area (TPSA) is 61.9 Å². The van der Waals surface area contributed by atoms with Crippen molar-refractivity contribution >= 4 is 17.9 Å². The highest BCUT2D eigenvalue weighted by Crippen LogP contribution is 2.19. The molecular formula is C22H29N3O3.